The quantitative estimate of drug-likeness (QED) is 0.721. The molecule has 1 fully saturated rings. The summed E-state index contributed by atoms with van der Waals surface area (Å²) in [5, 5.41) is 1.23. The van der Waals surface area contributed by atoms with Crippen LogP contribution in [0, 0.1) is 0 Å². The van der Waals surface area contributed by atoms with Crippen LogP contribution < -0.4 is 5.30 Å². The van der Waals surface area contributed by atoms with Gasteiger partial charge in [0.05, 0.1) is 20.6 Å². The normalized spacial score (nSPS) is 20.6. The highest BCUT2D eigenvalue weighted by atomic mass is 35.7. The largest absolute Gasteiger partial charge is 0.379 e. The molecule has 0 bridgehead atoms. The maximum Gasteiger partial charge on any atom is 0.0947 e. The van der Waals surface area contributed by atoms with Crippen LogP contribution in [0.3, 0.4) is 0 Å². The molecule has 0 aromatic heterocycles. The Morgan fingerprint density at radius 3 is 2.43 bits per heavy atom. The van der Waals surface area contributed by atoms with Gasteiger partial charge in [0.2, 0.25) is 0 Å². The van der Waals surface area contributed by atoms with E-state index in [-0.39, 0.29) is 0 Å². The summed E-state index contributed by atoms with van der Waals surface area (Å²) < 4.78 is 7.60. The molecule has 1 aliphatic heterocycles. The Morgan fingerprint density at radius 2 is 1.79 bits per heavy atom. The third-order valence-electron chi connectivity index (χ3n) is 2.21. The van der Waals surface area contributed by atoms with Crippen LogP contribution in [0.15, 0.2) is 30.3 Å². The molecule has 1 heterocycles. The molecule has 1 aromatic carbocycles. The van der Waals surface area contributed by atoms with Crippen molar-refractivity contribution in [3.05, 3.63) is 30.3 Å². The van der Waals surface area contributed by atoms with E-state index in [1.54, 1.807) is 0 Å². The average molecular weight is 230 g/mol. The molecule has 1 aromatic rings. The van der Waals surface area contributed by atoms with Crippen LogP contribution in [-0.4, -0.2) is 31.0 Å². The van der Waals surface area contributed by atoms with Gasteiger partial charge in [0.1, 0.15) is 0 Å². The summed E-state index contributed by atoms with van der Waals surface area (Å²) in [5.74, 6) is 0. The van der Waals surface area contributed by atoms with E-state index < -0.39 is 7.43 Å². The van der Waals surface area contributed by atoms with E-state index >= 15 is 0 Å². The first-order valence-corrected chi connectivity index (χ1v) is 6.91. The minimum absolute atomic E-state index is 0.668. The van der Waals surface area contributed by atoms with Crippen molar-refractivity contribution in [2.75, 3.05) is 26.3 Å². The predicted octanol–water partition coefficient (Wildman–Crippen LogP) is 2.19. The van der Waals surface area contributed by atoms with Crippen LogP contribution in [0.25, 0.3) is 0 Å². The number of nitrogens with zero attached hydrogens (tertiary/aromatic N) is 1. The van der Waals surface area contributed by atoms with E-state index in [1.165, 1.54) is 5.30 Å². The highest BCUT2D eigenvalue weighted by Gasteiger charge is 2.19. The molecule has 1 atom stereocenters. The van der Waals surface area contributed by atoms with Gasteiger partial charge in [0.15, 0.2) is 0 Å². The van der Waals surface area contributed by atoms with Crippen molar-refractivity contribution in [2.45, 2.75) is 0 Å². The lowest BCUT2D eigenvalue weighted by Crippen LogP contribution is -2.33. The van der Waals surface area contributed by atoms with Gasteiger partial charge >= 0.3 is 0 Å². The molecule has 1 saturated heterocycles. The van der Waals surface area contributed by atoms with Gasteiger partial charge in [-0.1, -0.05) is 41.6 Å². The average Bonchev–Trinajstić information content (AvgIpc) is 2.30. The van der Waals surface area contributed by atoms with Crippen molar-refractivity contribution in [1.29, 1.82) is 0 Å². The summed E-state index contributed by atoms with van der Waals surface area (Å²) in [4.78, 5) is 0. The van der Waals surface area contributed by atoms with Crippen molar-refractivity contribution in [3.63, 3.8) is 0 Å². The molecule has 0 radical (unpaired) electrons. The zero-order chi connectivity index (χ0) is 9.80. The molecule has 0 aliphatic carbocycles. The minimum Gasteiger partial charge on any atom is -0.379 e. The molecule has 2 rings (SSSR count). The Kier molecular flexibility index (Phi) is 3.77. The second-order valence-corrected chi connectivity index (χ2v) is 5.72. The fourth-order valence-corrected chi connectivity index (χ4v) is 3.49. The standard InChI is InChI=1S/C10H13ClNOP/c11-14(10-4-2-1-3-5-10)12-6-8-13-9-7-12/h1-5H,6-9H2. The molecule has 1 unspecified atom stereocenters. The Labute approximate surface area is 90.4 Å². The SMILES string of the molecule is ClP(c1ccccc1)N1CCOCC1. The summed E-state index contributed by atoms with van der Waals surface area (Å²) in [6, 6.07) is 10.3. The van der Waals surface area contributed by atoms with Crippen molar-refractivity contribution >= 4 is 24.0 Å². The number of halogens is 1. The Balaban J connectivity index is 2.03. The predicted molar refractivity (Wildman–Crippen MR) is 61.2 cm³/mol. The number of ether oxygens (including phenoxy) is 1. The summed E-state index contributed by atoms with van der Waals surface area (Å²) in [5.41, 5.74) is 0. The van der Waals surface area contributed by atoms with Crippen LogP contribution >= 0.6 is 18.7 Å². The van der Waals surface area contributed by atoms with Crippen molar-refractivity contribution in [2.24, 2.45) is 0 Å². The smallest absolute Gasteiger partial charge is 0.0947 e. The fourth-order valence-electron chi connectivity index (χ4n) is 1.44. The van der Waals surface area contributed by atoms with Gasteiger partial charge in [-0.2, -0.15) is 0 Å². The van der Waals surface area contributed by atoms with E-state index in [1.807, 2.05) is 18.2 Å². The maximum absolute atomic E-state index is 6.42. The summed E-state index contributed by atoms with van der Waals surface area (Å²) in [6.45, 7) is 3.50. The van der Waals surface area contributed by atoms with E-state index in [4.69, 9.17) is 16.0 Å². The van der Waals surface area contributed by atoms with Crippen LogP contribution in [0.2, 0.25) is 0 Å². The molecule has 2 nitrogen and oxygen atoms in total. The van der Waals surface area contributed by atoms with Gasteiger partial charge in [0, 0.05) is 18.4 Å². The molecule has 0 spiro atoms. The highest BCUT2D eigenvalue weighted by Crippen LogP contribution is 2.44. The van der Waals surface area contributed by atoms with E-state index in [0.717, 1.165) is 26.3 Å². The molecular weight excluding hydrogens is 217 g/mol. The van der Waals surface area contributed by atoms with Crippen LogP contribution in [0.1, 0.15) is 0 Å². The molecule has 4 heteroatoms. The van der Waals surface area contributed by atoms with Gasteiger partial charge in [-0.25, -0.2) is 0 Å². The molecule has 14 heavy (non-hydrogen) atoms. The molecule has 0 N–H and O–H groups in total. The number of rotatable bonds is 2. The molecule has 0 amide bonds. The van der Waals surface area contributed by atoms with Crippen molar-refractivity contribution in [1.82, 2.24) is 4.67 Å². The summed E-state index contributed by atoms with van der Waals surface area (Å²) in [7, 11) is -0.668. The van der Waals surface area contributed by atoms with Gasteiger partial charge in [-0.3, -0.25) is 4.67 Å². The van der Waals surface area contributed by atoms with E-state index in [9.17, 15) is 0 Å². The molecular formula is C10H13ClNOP. The first-order chi connectivity index (χ1) is 6.88. The topological polar surface area (TPSA) is 12.5 Å². The lowest BCUT2D eigenvalue weighted by molar-refractivity contribution is 0.0759. The van der Waals surface area contributed by atoms with Crippen LogP contribution in [0.4, 0.5) is 0 Å². The summed E-state index contributed by atoms with van der Waals surface area (Å²) in [6.07, 6.45) is 0. The van der Waals surface area contributed by atoms with Gasteiger partial charge < -0.3 is 4.74 Å². The van der Waals surface area contributed by atoms with Gasteiger partial charge in [-0.15, -0.1) is 0 Å². The molecule has 1 aliphatic rings. The second kappa shape index (κ2) is 5.09. The lowest BCUT2D eigenvalue weighted by atomic mass is 10.4. The number of benzene rings is 1. The monoisotopic (exact) mass is 229 g/mol. The zero-order valence-electron chi connectivity index (χ0n) is 7.90. The molecule has 76 valence electrons. The third-order valence-corrected chi connectivity index (χ3v) is 5.05. The first kappa shape index (κ1) is 10.4. The van der Waals surface area contributed by atoms with E-state index in [2.05, 4.69) is 16.8 Å². The van der Waals surface area contributed by atoms with Crippen LogP contribution in [-0.2, 0) is 4.74 Å². The highest BCUT2D eigenvalue weighted by molar-refractivity contribution is 7.88. The Morgan fingerprint density at radius 1 is 1.14 bits per heavy atom. The Bertz CT molecular complexity index is 277. The Hall–Kier alpha value is -0.140. The third kappa shape index (κ3) is 2.46. The second-order valence-electron chi connectivity index (χ2n) is 3.16. The zero-order valence-corrected chi connectivity index (χ0v) is 9.55. The lowest BCUT2D eigenvalue weighted by Gasteiger charge is -2.30. The minimum atomic E-state index is -0.668. The van der Waals surface area contributed by atoms with Gasteiger partial charge in [0.25, 0.3) is 0 Å². The number of morpholine rings is 1. The van der Waals surface area contributed by atoms with E-state index in [0.29, 0.717) is 0 Å². The van der Waals surface area contributed by atoms with Gasteiger partial charge in [-0.05, 0) is 0 Å². The van der Waals surface area contributed by atoms with Crippen molar-refractivity contribution in [3.8, 4) is 0 Å². The fraction of sp³-hybridized carbons (Fsp3) is 0.400. The first-order valence-electron chi connectivity index (χ1n) is 4.71. The molecule has 0 saturated carbocycles. The number of hydrogen-bond donors (Lipinski definition) is 0. The van der Waals surface area contributed by atoms with Crippen molar-refractivity contribution < 1.29 is 4.74 Å². The number of hydrogen-bond acceptors (Lipinski definition) is 2. The summed E-state index contributed by atoms with van der Waals surface area (Å²) >= 11 is 6.42. The van der Waals surface area contributed by atoms with Crippen LogP contribution in [0.5, 0.6) is 0 Å². The maximum atomic E-state index is 6.42.